The molecular weight excluding hydrogens is 216 g/mol. The molecule has 17 heavy (non-hydrogen) atoms. The molecule has 1 heterocycles. The first-order valence-corrected chi connectivity index (χ1v) is 6.39. The number of rotatable bonds is 5. The van der Waals surface area contributed by atoms with E-state index >= 15 is 0 Å². The van der Waals surface area contributed by atoms with Crippen molar-refractivity contribution in [3.63, 3.8) is 0 Å². The monoisotopic (exact) mass is 240 g/mol. The van der Waals surface area contributed by atoms with Crippen LogP contribution in [0.1, 0.15) is 33.1 Å². The Kier molecular flexibility index (Phi) is 5.69. The van der Waals surface area contributed by atoms with E-state index in [1.807, 2.05) is 0 Å². The molecule has 0 saturated carbocycles. The average Bonchev–Trinajstić information content (AvgIpc) is 2.35. The quantitative estimate of drug-likeness (QED) is 0.547. The van der Waals surface area contributed by atoms with Crippen LogP contribution >= 0.6 is 0 Å². The van der Waals surface area contributed by atoms with Gasteiger partial charge in [-0.1, -0.05) is 26.0 Å². The summed E-state index contributed by atoms with van der Waals surface area (Å²) < 4.78 is 10.2. The van der Waals surface area contributed by atoms with Gasteiger partial charge in [0.1, 0.15) is 0 Å². The standard InChI is InChI=1S/C14H24O3/c1-10(2)11(3)13(9-14(15)16-4)12-5-7-17-8-6-12/h10,12-13H,3,5-9H2,1-2,4H3/t13-/m1/s1. The van der Waals surface area contributed by atoms with Crippen LogP contribution in [0.3, 0.4) is 0 Å². The van der Waals surface area contributed by atoms with Gasteiger partial charge in [-0.3, -0.25) is 4.79 Å². The molecule has 0 amide bonds. The Balaban J connectivity index is 2.69. The van der Waals surface area contributed by atoms with Crippen LogP contribution in [0.25, 0.3) is 0 Å². The molecule has 0 unspecified atom stereocenters. The first-order valence-electron chi connectivity index (χ1n) is 6.39. The maximum atomic E-state index is 11.5. The zero-order valence-corrected chi connectivity index (χ0v) is 11.2. The van der Waals surface area contributed by atoms with Gasteiger partial charge >= 0.3 is 5.97 Å². The van der Waals surface area contributed by atoms with Gasteiger partial charge in [0.05, 0.1) is 13.5 Å². The minimum atomic E-state index is -0.136. The Morgan fingerprint density at radius 3 is 2.47 bits per heavy atom. The van der Waals surface area contributed by atoms with Crippen LogP contribution in [0.5, 0.6) is 0 Å². The van der Waals surface area contributed by atoms with Crippen LogP contribution in [0.15, 0.2) is 12.2 Å². The minimum Gasteiger partial charge on any atom is -0.469 e. The van der Waals surface area contributed by atoms with E-state index in [2.05, 4.69) is 20.4 Å². The molecule has 0 N–H and O–H groups in total. The second-order valence-corrected chi connectivity index (χ2v) is 5.07. The molecule has 0 radical (unpaired) electrons. The van der Waals surface area contributed by atoms with Crippen LogP contribution in [0.2, 0.25) is 0 Å². The van der Waals surface area contributed by atoms with Gasteiger partial charge in [-0.05, 0) is 30.6 Å². The molecule has 0 bridgehead atoms. The van der Waals surface area contributed by atoms with E-state index in [9.17, 15) is 4.79 Å². The third kappa shape index (κ3) is 4.15. The summed E-state index contributed by atoms with van der Waals surface area (Å²) in [4.78, 5) is 11.5. The number of carbonyl (C=O) groups excluding carboxylic acids is 1. The van der Waals surface area contributed by atoms with Crippen molar-refractivity contribution in [1.29, 1.82) is 0 Å². The summed E-state index contributed by atoms with van der Waals surface area (Å²) in [6, 6.07) is 0. The van der Waals surface area contributed by atoms with Crippen LogP contribution in [0, 0.1) is 17.8 Å². The number of methoxy groups -OCH3 is 1. The molecule has 0 aromatic heterocycles. The highest BCUT2D eigenvalue weighted by Gasteiger charge is 2.29. The molecule has 1 rings (SSSR count). The molecule has 0 aromatic rings. The van der Waals surface area contributed by atoms with Crippen molar-refractivity contribution in [2.24, 2.45) is 17.8 Å². The third-order valence-electron chi connectivity index (χ3n) is 3.67. The molecule has 3 heteroatoms. The smallest absolute Gasteiger partial charge is 0.306 e. The molecule has 0 aromatic carbocycles. The molecule has 1 aliphatic heterocycles. The van der Waals surface area contributed by atoms with Crippen LogP contribution in [-0.2, 0) is 14.3 Å². The van der Waals surface area contributed by atoms with Crippen LogP contribution in [-0.4, -0.2) is 26.3 Å². The summed E-state index contributed by atoms with van der Waals surface area (Å²) in [7, 11) is 1.45. The number of esters is 1. The van der Waals surface area contributed by atoms with Crippen molar-refractivity contribution in [2.75, 3.05) is 20.3 Å². The van der Waals surface area contributed by atoms with Gasteiger partial charge in [0.15, 0.2) is 0 Å². The van der Waals surface area contributed by atoms with Gasteiger partial charge in [-0.2, -0.15) is 0 Å². The van der Waals surface area contributed by atoms with Crippen molar-refractivity contribution >= 4 is 5.97 Å². The molecule has 0 spiro atoms. The Morgan fingerprint density at radius 1 is 1.41 bits per heavy atom. The van der Waals surface area contributed by atoms with Gasteiger partial charge in [-0.15, -0.1) is 0 Å². The molecule has 1 atom stereocenters. The van der Waals surface area contributed by atoms with Gasteiger partial charge in [-0.25, -0.2) is 0 Å². The molecule has 0 aliphatic carbocycles. The normalized spacial score (nSPS) is 19.1. The highest BCUT2D eigenvalue weighted by Crippen LogP contribution is 2.34. The number of hydrogen-bond donors (Lipinski definition) is 0. The van der Waals surface area contributed by atoms with Gasteiger partial charge in [0.25, 0.3) is 0 Å². The maximum absolute atomic E-state index is 11.5. The summed E-state index contributed by atoms with van der Waals surface area (Å²) in [5, 5.41) is 0. The number of carbonyl (C=O) groups is 1. The maximum Gasteiger partial charge on any atom is 0.306 e. The van der Waals surface area contributed by atoms with Crippen LogP contribution < -0.4 is 0 Å². The van der Waals surface area contributed by atoms with Gasteiger partial charge in [0.2, 0.25) is 0 Å². The lowest BCUT2D eigenvalue weighted by atomic mass is 9.76. The van der Waals surface area contributed by atoms with Crippen molar-refractivity contribution in [3.05, 3.63) is 12.2 Å². The lowest BCUT2D eigenvalue weighted by Gasteiger charge is -2.32. The van der Waals surface area contributed by atoms with E-state index < -0.39 is 0 Å². The topological polar surface area (TPSA) is 35.5 Å². The lowest BCUT2D eigenvalue weighted by Crippen LogP contribution is -2.28. The Morgan fingerprint density at radius 2 is 2.00 bits per heavy atom. The highest BCUT2D eigenvalue weighted by atomic mass is 16.5. The van der Waals surface area contributed by atoms with Crippen molar-refractivity contribution in [1.82, 2.24) is 0 Å². The predicted molar refractivity (Wildman–Crippen MR) is 67.6 cm³/mol. The molecular formula is C14H24O3. The lowest BCUT2D eigenvalue weighted by molar-refractivity contribution is -0.142. The first-order chi connectivity index (χ1) is 8.06. The molecule has 98 valence electrons. The summed E-state index contributed by atoms with van der Waals surface area (Å²) in [6.45, 7) is 10.0. The zero-order chi connectivity index (χ0) is 12.8. The largest absolute Gasteiger partial charge is 0.469 e. The Labute approximate surface area is 104 Å². The van der Waals surface area contributed by atoms with Crippen molar-refractivity contribution in [3.8, 4) is 0 Å². The van der Waals surface area contributed by atoms with Gasteiger partial charge < -0.3 is 9.47 Å². The summed E-state index contributed by atoms with van der Waals surface area (Å²) in [5.74, 6) is 1.03. The second-order valence-electron chi connectivity index (χ2n) is 5.07. The first kappa shape index (κ1) is 14.2. The average molecular weight is 240 g/mol. The Hall–Kier alpha value is -0.830. The minimum absolute atomic E-state index is 0.136. The highest BCUT2D eigenvalue weighted by molar-refractivity contribution is 5.70. The molecule has 3 nitrogen and oxygen atoms in total. The number of hydrogen-bond acceptors (Lipinski definition) is 3. The molecule has 1 fully saturated rings. The van der Waals surface area contributed by atoms with E-state index in [1.54, 1.807) is 0 Å². The SMILES string of the molecule is C=C(C(C)C)[C@@H](CC(=O)OC)C1CCOCC1. The van der Waals surface area contributed by atoms with E-state index in [1.165, 1.54) is 12.7 Å². The van der Waals surface area contributed by atoms with Gasteiger partial charge in [0, 0.05) is 13.2 Å². The van der Waals surface area contributed by atoms with Crippen molar-refractivity contribution in [2.45, 2.75) is 33.1 Å². The summed E-state index contributed by atoms with van der Waals surface area (Å²) in [5.41, 5.74) is 1.17. The third-order valence-corrected chi connectivity index (χ3v) is 3.67. The number of allylic oxidation sites excluding steroid dienone is 1. The fraction of sp³-hybridized carbons (Fsp3) is 0.786. The summed E-state index contributed by atoms with van der Waals surface area (Å²) >= 11 is 0. The Bertz CT molecular complexity index is 265. The molecule has 1 saturated heterocycles. The number of ether oxygens (including phenoxy) is 2. The fourth-order valence-corrected chi connectivity index (χ4v) is 2.41. The van der Waals surface area contributed by atoms with E-state index in [0.29, 0.717) is 18.3 Å². The zero-order valence-electron chi connectivity index (χ0n) is 11.2. The van der Waals surface area contributed by atoms with Crippen molar-refractivity contribution < 1.29 is 14.3 Å². The van der Waals surface area contributed by atoms with Crippen LogP contribution in [0.4, 0.5) is 0 Å². The predicted octanol–water partition coefficient (Wildman–Crippen LogP) is 2.80. The summed E-state index contributed by atoms with van der Waals surface area (Å²) in [6.07, 6.45) is 2.50. The van der Waals surface area contributed by atoms with E-state index in [4.69, 9.17) is 9.47 Å². The second kappa shape index (κ2) is 6.80. The fourth-order valence-electron chi connectivity index (χ4n) is 2.41. The van der Waals surface area contributed by atoms with E-state index in [0.717, 1.165) is 26.1 Å². The molecule has 1 aliphatic rings. The van der Waals surface area contributed by atoms with E-state index in [-0.39, 0.29) is 11.9 Å².